The molecule has 1 unspecified atom stereocenters. The summed E-state index contributed by atoms with van der Waals surface area (Å²) >= 11 is 5.99. The van der Waals surface area contributed by atoms with Crippen LogP contribution >= 0.6 is 11.6 Å². The van der Waals surface area contributed by atoms with Crippen molar-refractivity contribution in [1.29, 1.82) is 0 Å². The van der Waals surface area contributed by atoms with Crippen LogP contribution in [0.4, 0.5) is 4.79 Å². The van der Waals surface area contributed by atoms with E-state index in [0.29, 0.717) is 24.7 Å². The van der Waals surface area contributed by atoms with Crippen LogP contribution in [-0.4, -0.2) is 36.3 Å². The highest BCUT2D eigenvalue weighted by atomic mass is 35.5. The summed E-state index contributed by atoms with van der Waals surface area (Å²) in [7, 11) is 0. The van der Waals surface area contributed by atoms with Gasteiger partial charge in [0.25, 0.3) is 0 Å². The second-order valence-corrected chi connectivity index (χ2v) is 6.28. The molecular formula is C15H20ClNO3. The van der Waals surface area contributed by atoms with Gasteiger partial charge in [-0.25, -0.2) is 4.79 Å². The Morgan fingerprint density at radius 2 is 2.20 bits per heavy atom. The summed E-state index contributed by atoms with van der Waals surface area (Å²) < 4.78 is 11.1. The molecule has 5 heteroatoms. The van der Waals surface area contributed by atoms with Crippen LogP contribution in [0, 0.1) is 0 Å². The second kappa shape index (κ2) is 6.02. The van der Waals surface area contributed by atoms with Gasteiger partial charge in [-0.1, -0.05) is 23.7 Å². The van der Waals surface area contributed by atoms with Gasteiger partial charge in [0.05, 0.1) is 13.2 Å². The predicted octanol–water partition coefficient (Wildman–Crippen LogP) is 3.65. The predicted molar refractivity (Wildman–Crippen MR) is 78.0 cm³/mol. The Labute approximate surface area is 124 Å². The highest BCUT2D eigenvalue weighted by Crippen LogP contribution is 2.25. The molecule has 1 fully saturated rings. The van der Waals surface area contributed by atoms with Crippen molar-refractivity contribution < 1.29 is 14.3 Å². The van der Waals surface area contributed by atoms with Gasteiger partial charge in [-0.3, -0.25) is 0 Å². The van der Waals surface area contributed by atoms with E-state index in [0.717, 1.165) is 5.56 Å². The zero-order valence-corrected chi connectivity index (χ0v) is 12.8. The molecule has 0 bridgehead atoms. The SMILES string of the molecule is CC(C)(C)OC(=O)N1CCOC(c2cccc(Cl)c2)C1. The van der Waals surface area contributed by atoms with E-state index in [2.05, 4.69) is 0 Å². The van der Waals surface area contributed by atoms with Crippen molar-refractivity contribution >= 4 is 17.7 Å². The van der Waals surface area contributed by atoms with E-state index in [-0.39, 0.29) is 12.2 Å². The summed E-state index contributed by atoms with van der Waals surface area (Å²) in [6.07, 6.45) is -0.456. The Kier molecular flexibility index (Phi) is 4.55. The Morgan fingerprint density at radius 3 is 2.85 bits per heavy atom. The summed E-state index contributed by atoms with van der Waals surface area (Å²) in [6, 6.07) is 7.52. The molecule has 1 saturated heterocycles. The quantitative estimate of drug-likeness (QED) is 0.794. The van der Waals surface area contributed by atoms with Crippen LogP contribution in [0.1, 0.15) is 32.4 Å². The minimum absolute atomic E-state index is 0.157. The number of hydrogen-bond donors (Lipinski definition) is 0. The maximum atomic E-state index is 12.1. The molecule has 1 aromatic carbocycles. The number of halogens is 1. The lowest BCUT2D eigenvalue weighted by Gasteiger charge is -2.34. The van der Waals surface area contributed by atoms with E-state index in [1.165, 1.54) is 0 Å². The number of nitrogens with zero attached hydrogens (tertiary/aromatic N) is 1. The monoisotopic (exact) mass is 297 g/mol. The molecule has 1 amide bonds. The second-order valence-electron chi connectivity index (χ2n) is 5.84. The number of benzene rings is 1. The van der Waals surface area contributed by atoms with Gasteiger partial charge in [0.15, 0.2) is 0 Å². The smallest absolute Gasteiger partial charge is 0.410 e. The Hall–Kier alpha value is -1.26. The number of amides is 1. The van der Waals surface area contributed by atoms with Gasteiger partial charge in [0.1, 0.15) is 11.7 Å². The number of carbonyl (C=O) groups excluding carboxylic acids is 1. The number of morpholine rings is 1. The fourth-order valence-corrected chi connectivity index (χ4v) is 2.25. The van der Waals surface area contributed by atoms with Crippen LogP contribution in [0.15, 0.2) is 24.3 Å². The Morgan fingerprint density at radius 1 is 1.45 bits per heavy atom. The average molecular weight is 298 g/mol. The third-order valence-corrected chi connectivity index (χ3v) is 3.17. The van der Waals surface area contributed by atoms with Crippen molar-refractivity contribution in [3.8, 4) is 0 Å². The largest absolute Gasteiger partial charge is 0.444 e. The van der Waals surface area contributed by atoms with E-state index < -0.39 is 5.60 Å². The van der Waals surface area contributed by atoms with Crippen molar-refractivity contribution in [1.82, 2.24) is 4.90 Å². The lowest BCUT2D eigenvalue weighted by molar-refractivity contribution is -0.0432. The van der Waals surface area contributed by atoms with Crippen LogP contribution < -0.4 is 0 Å². The fraction of sp³-hybridized carbons (Fsp3) is 0.533. The fourth-order valence-electron chi connectivity index (χ4n) is 2.05. The molecule has 0 saturated carbocycles. The number of carbonyl (C=O) groups is 1. The molecule has 2 rings (SSSR count). The van der Waals surface area contributed by atoms with Crippen LogP contribution in [0.5, 0.6) is 0 Å². The van der Waals surface area contributed by atoms with Crippen LogP contribution in [0.2, 0.25) is 5.02 Å². The number of ether oxygens (including phenoxy) is 2. The maximum absolute atomic E-state index is 12.1. The van der Waals surface area contributed by atoms with Gasteiger partial charge in [-0.15, -0.1) is 0 Å². The van der Waals surface area contributed by atoms with Crippen molar-refractivity contribution in [3.63, 3.8) is 0 Å². The first kappa shape index (κ1) is 15.1. The van der Waals surface area contributed by atoms with Crippen LogP contribution in [0.3, 0.4) is 0 Å². The molecule has 1 atom stereocenters. The molecule has 110 valence electrons. The number of hydrogen-bond acceptors (Lipinski definition) is 3. The highest BCUT2D eigenvalue weighted by Gasteiger charge is 2.28. The average Bonchev–Trinajstić information content (AvgIpc) is 2.37. The lowest BCUT2D eigenvalue weighted by Crippen LogP contribution is -2.44. The summed E-state index contributed by atoms with van der Waals surface area (Å²) in [5.74, 6) is 0. The normalized spacial score (nSPS) is 19.8. The van der Waals surface area contributed by atoms with E-state index in [1.54, 1.807) is 4.90 Å². The molecule has 0 spiro atoms. The first-order valence-electron chi connectivity index (χ1n) is 6.70. The van der Waals surface area contributed by atoms with E-state index in [1.807, 2.05) is 45.0 Å². The molecule has 0 radical (unpaired) electrons. The summed E-state index contributed by atoms with van der Waals surface area (Å²) in [4.78, 5) is 13.8. The van der Waals surface area contributed by atoms with E-state index in [9.17, 15) is 4.79 Å². The zero-order chi connectivity index (χ0) is 14.8. The van der Waals surface area contributed by atoms with Crippen LogP contribution in [-0.2, 0) is 9.47 Å². The molecule has 0 aromatic heterocycles. The molecule has 1 aliphatic rings. The molecule has 1 aromatic rings. The van der Waals surface area contributed by atoms with Crippen LogP contribution in [0.25, 0.3) is 0 Å². The zero-order valence-electron chi connectivity index (χ0n) is 12.1. The summed E-state index contributed by atoms with van der Waals surface area (Å²) in [6.45, 7) is 7.11. The third-order valence-electron chi connectivity index (χ3n) is 2.94. The summed E-state index contributed by atoms with van der Waals surface area (Å²) in [5, 5.41) is 0.667. The minimum atomic E-state index is -0.485. The highest BCUT2D eigenvalue weighted by molar-refractivity contribution is 6.30. The van der Waals surface area contributed by atoms with Crippen molar-refractivity contribution in [2.45, 2.75) is 32.5 Å². The van der Waals surface area contributed by atoms with Gasteiger partial charge >= 0.3 is 6.09 Å². The lowest BCUT2D eigenvalue weighted by atomic mass is 10.1. The van der Waals surface area contributed by atoms with Crippen molar-refractivity contribution in [2.24, 2.45) is 0 Å². The molecule has 0 aliphatic carbocycles. The molecular weight excluding hydrogens is 278 g/mol. The van der Waals surface area contributed by atoms with Gasteiger partial charge in [0.2, 0.25) is 0 Å². The maximum Gasteiger partial charge on any atom is 0.410 e. The standard InChI is InChI=1S/C15H20ClNO3/c1-15(2,3)20-14(18)17-7-8-19-13(10-17)11-5-4-6-12(16)9-11/h4-6,9,13H,7-8,10H2,1-3H3. The molecule has 1 heterocycles. The van der Waals surface area contributed by atoms with Gasteiger partial charge < -0.3 is 14.4 Å². The van der Waals surface area contributed by atoms with Gasteiger partial charge in [0, 0.05) is 11.6 Å². The first-order chi connectivity index (χ1) is 9.35. The Bertz CT molecular complexity index is 484. The topological polar surface area (TPSA) is 38.8 Å². The Balaban J connectivity index is 2.03. The third kappa shape index (κ3) is 4.12. The van der Waals surface area contributed by atoms with E-state index >= 15 is 0 Å². The molecule has 0 N–H and O–H groups in total. The summed E-state index contributed by atoms with van der Waals surface area (Å²) in [5.41, 5.74) is 0.492. The van der Waals surface area contributed by atoms with E-state index in [4.69, 9.17) is 21.1 Å². The van der Waals surface area contributed by atoms with Crippen molar-refractivity contribution in [2.75, 3.05) is 19.7 Å². The molecule has 20 heavy (non-hydrogen) atoms. The van der Waals surface area contributed by atoms with Gasteiger partial charge in [-0.2, -0.15) is 0 Å². The number of rotatable bonds is 1. The minimum Gasteiger partial charge on any atom is -0.444 e. The van der Waals surface area contributed by atoms with Crippen molar-refractivity contribution in [3.05, 3.63) is 34.9 Å². The molecule has 4 nitrogen and oxygen atoms in total. The first-order valence-corrected chi connectivity index (χ1v) is 7.08. The molecule has 1 aliphatic heterocycles. The van der Waals surface area contributed by atoms with Gasteiger partial charge in [-0.05, 0) is 38.5 Å².